The smallest absolute Gasteiger partial charge is 0.349 e. The van der Waals surface area contributed by atoms with Crippen LogP contribution in [-0.4, -0.2) is 30.2 Å². The first-order valence-corrected chi connectivity index (χ1v) is 11.6. The fourth-order valence-corrected chi connectivity index (χ4v) is 3.87. The van der Waals surface area contributed by atoms with Crippen LogP contribution in [0.25, 0.3) is 10.9 Å². The molecule has 1 aromatic heterocycles. The number of fused-ring (bicyclic) bond motifs is 1. The molecule has 3 aromatic carbocycles. The van der Waals surface area contributed by atoms with Gasteiger partial charge in [0.05, 0.1) is 5.52 Å². The summed E-state index contributed by atoms with van der Waals surface area (Å²) in [6, 6.07) is 5.59. The lowest BCUT2D eigenvalue weighted by atomic mass is 10.2. The van der Waals surface area contributed by atoms with Crippen molar-refractivity contribution >= 4 is 22.8 Å². The number of nitrogens with one attached hydrogen (secondary N) is 1. The topological polar surface area (TPSA) is 78.8 Å². The van der Waals surface area contributed by atoms with Crippen LogP contribution in [0.3, 0.4) is 0 Å². The van der Waals surface area contributed by atoms with Gasteiger partial charge in [0, 0.05) is 17.6 Å². The number of carbonyl (C=O) groups excluding carboxylic acids is 2. The summed E-state index contributed by atoms with van der Waals surface area (Å²) in [5.41, 5.74) is 0.290. The third-order valence-corrected chi connectivity index (χ3v) is 5.73. The second-order valence-electron chi connectivity index (χ2n) is 8.48. The number of aromatic nitrogens is 1. The van der Waals surface area contributed by atoms with Gasteiger partial charge in [0.25, 0.3) is 0 Å². The van der Waals surface area contributed by atoms with Crippen LogP contribution in [0.1, 0.15) is 5.69 Å². The first kappa shape index (κ1) is 31.1. The van der Waals surface area contributed by atoms with Crippen molar-refractivity contribution in [2.75, 3.05) is 13.7 Å². The third-order valence-electron chi connectivity index (χ3n) is 5.73. The number of hydrogen-bond acceptors (Lipinski definition) is 6. The van der Waals surface area contributed by atoms with Gasteiger partial charge < -0.3 is 24.1 Å². The highest BCUT2D eigenvalue weighted by atomic mass is 19.2. The van der Waals surface area contributed by atoms with E-state index in [9.17, 15) is 53.5 Å². The molecule has 0 amide bonds. The van der Waals surface area contributed by atoms with Gasteiger partial charge in [-0.15, -0.1) is 0 Å². The lowest BCUT2D eigenvalue weighted by Gasteiger charge is -2.14. The van der Waals surface area contributed by atoms with Gasteiger partial charge in [-0.1, -0.05) is 12.1 Å². The fraction of sp³-hybridized carbons (Fsp3) is 0.154. The van der Waals surface area contributed by atoms with Crippen molar-refractivity contribution in [3.63, 3.8) is 0 Å². The number of nitrogens with zero attached hydrogens (tertiary/aromatic N) is 1. The average molecular weight is 624 g/mol. The number of para-hydroxylation sites is 1. The Morgan fingerprint density at radius 2 is 1.16 bits per heavy atom. The van der Waals surface area contributed by atoms with Crippen molar-refractivity contribution in [2.24, 2.45) is 0 Å². The Morgan fingerprint density at radius 3 is 1.65 bits per heavy atom. The molecule has 228 valence electrons. The van der Waals surface area contributed by atoms with Crippen LogP contribution in [0.15, 0.2) is 24.3 Å². The molecule has 0 saturated heterocycles. The molecule has 43 heavy (non-hydrogen) atoms. The standard InChI is InChI=1S/C26H14F10N2O5/c1-37-6-10-5-9-3-2-4-11(41-8-13(40)43-26-22(35)18(31)15(28)19(32)23(26)36)24(9)38(10)7-12(39)42-25-20(33)16(29)14(27)17(30)21(25)34/h2-5,37H,6-8H2,1H3. The van der Waals surface area contributed by atoms with Gasteiger partial charge in [0.2, 0.25) is 69.7 Å². The van der Waals surface area contributed by atoms with Crippen molar-refractivity contribution < 1.29 is 67.7 Å². The Balaban J connectivity index is 1.62. The van der Waals surface area contributed by atoms with Crippen LogP contribution in [0, 0.1) is 58.2 Å². The first-order valence-electron chi connectivity index (χ1n) is 11.6. The molecular weight excluding hydrogens is 610 g/mol. The Bertz CT molecular complexity index is 1720. The van der Waals surface area contributed by atoms with E-state index in [2.05, 4.69) is 14.8 Å². The second-order valence-corrected chi connectivity index (χ2v) is 8.48. The maximum Gasteiger partial charge on any atom is 0.349 e. The third kappa shape index (κ3) is 5.79. The van der Waals surface area contributed by atoms with E-state index in [1.165, 1.54) is 31.3 Å². The zero-order chi connectivity index (χ0) is 31.7. The average Bonchev–Trinajstić information content (AvgIpc) is 3.33. The van der Waals surface area contributed by atoms with E-state index >= 15 is 0 Å². The summed E-state index contributed by atoms with van der Waals surface area (Å²) < 4.78 is 151. The molecule has 0 fully saturated rings. The van der Waals surface area contributed by atoms with Crippen LogP contribution >= 0.6 is 0 Å². The normalized spacial score (nSPS) is 11.2. The highest BCUT2D eigenvalue weighted by molar-refractivity contribution is 5.89. The Hall–Kier alpha value is -4.80. The second kappa shape index (κ2) is 12.2. The van der Waals surface area contributed by atoms with E-state index in [0.717, 1.165) is 4.57 Å². The number of rotatable bonds is 9. The summed E-state index contributed by atoms with van der Waals surface area (Å²) in [7, 11) is 1.50. The Labute approximate surface area is 233 Å². The first-order chi connectivity index (χ1) is 20.3. The summed E-state index contributed by atoms with van der Waals surface area (Å²) in [5.74, 6) is -31.0. The van der Waals surface area contributed by atoms with Crippen LogP contribution in [0.2, 0.25) is 0 Å². The molecule has 0 aliphatic heterocycles. The van der Waals surface area contributed by atoms with Gasteiger partial charge >= 0.3 is 11.9 Å². The minimum absolute atomic E-state index is 0.00569. The van der Waals surface area contributed by atoms with Crippen molar-refractivity contribution in [1.82, 2.24) is 9.88 Å². The van der Waals surface area contributed by atoms with Gasteiger partial charge in [-0.3, -0.25) is 0 Å². The molecule has 17 heteroatoms. The van der Waals surface area contributed by atoms with Crippen molar-refractivity contribution in [3.05, 3.63) is 88.1 Å². The van der Waals surface area contributed by atoms with Crippen LogP contribution in [0.5, 0.6) is 17.2 Å². The van der Waals surface area contributed by atoms with Crippen molar-refractivity contribution in [1.29, 1.82) is 0 Å². The van der Waals surface area contributed by atoms with Gasteiger partial charge in [-0.2, -0.15) is 17.6 Å². The lowest BCUT2D eigenvalue weighted by molar-refractivity contribution is -0.137. The van der Waals surface area contributed by atoms with E-state index in [-0.39, 0.29) is 23.5 Å². The van der Waals surface area contributed by atoms with E-state index < -0.39 is 94.8 Å². The molecule has 4 rings (SSSR count). The lowest BCUT2D eigenvalue weighted by Crippen LogP contribution is -2.22. The number of benzene rings is 3. The van der Waals surface area contributed by atoms with Crippen LogP contribution in [0.4, 0.5) is 43.9 Å². The number of halogens is 10. The van der Waals surface area contributed by atoms with Gasteiger partial charge in [0.15, 0.2) is 6.61 Å². The van der Waals surface area contributed by atoms with Gasteiger partial charge in [-0.25, -0.2) is 35.9 Å². The minimum Gasteiger partial charge on any atom is -0.480 e. The van der Waals surface area contributed by atoms with Crippen molar-refractivity contribution in [2.45, 2.75) is 13.1 Å². The summed E-state index contributed by atoms with van der Waals surface area (Å²) >= 11 is 0. The molecule has 0 radical (unpaired) electrons. The largest absolute Gasteiger partial charge is 0.480 e. The predicted molar refractivity (Wildman–Crippen MR) is 124 cm³/mol. The molecule has 0 spiro atoms. The number of ether oxygens (including phenoxy) is 3. The van der Waals surface area contributed by atoms with Crippen LogP contribution < -0.4 is 19.5 Å². The number of carbonyl (C=O) groups is 2. The molecule has 0 saturated carbocycles. The molecule has 0 unspecified atom stereocenters. The highest BCUT2D eigenvalue weighted by Crippen LogP contribution is 2.33. The highest BCUT2D eigenvalue weighted by Gasteiger charge is 2.30. The molecule has 7 nitrogen and oxygen atoms in total. The molecule has 0 aliphatic carbocycles. The Morgan fingerprint density at radius 1 is 0.698 bits per heavy atom. The molecule has 1 heterocycles. The summed E-state index contributed by atoms with van der Waals surface area (Å²) in [4.78, 5) is 24.8. The molecule has 0 bridgehead atoms. The van der Waals surface area contributed by atoms with E-state index in [4.69, 9.17) is 4.74 Å². The zero-order valence-corrected chi connectivity index (χ0v) is 21.2. The molecule has 0 atom stereocenters. The van der Waals surface area contributed by atoms with Gasteiger partial charge in [-0.05, 0) is 19.2 Å². The Kier molecular flexibility index (Phi) is 8.84. The number of esters is 2. The molecule has 1 N–H and O–H groups in total. The SMILES string of the molecule is CNCc1cc2cccc(OCC(=O)Oc3c(F)c(F)c(F)c(F)c3F)c2n1CC(=O)Oc1c(F)c(F)c(F)c(F)c1F. The van der Waals surface area contributed by atoms with Gasteiger partial charge in [0.1, 0.15) is 12.3 Å². The summed E-state index contributed by atoms with van der Waals surface area (Å²) in [6.45, 7) is -2.04. The quantitative estimate of drug-likeness (QED) is 0.0891. The van der Waals surface area contributed by atoms with E-state index in [0.29, 0.717) is 5.39 Å². The predicted octanol–water partition coefficient (Wildman–Crippen LogP) is 5.34. The van der Waals surface area contributed by atoms with Crippen LogP contribution in [-0.2, 0) is 22.7 Å². The maximum atomic E-state index is 14.0. The number of hydrogen-bond donors (Lipinski definition) is 1. The molecule has 0 aliphatic rings. The monoisotopic (exact) mass is 624 g/mol. The van der Waals surface area contributed by atoms with Crippen molar-refractivity contribution in [3.8, 4) is 17.2 Å². The maximum absolute atomic E-state index is 14.0. The zero-order valence-electron chi connectivity index (χ0n) is 21.2. The summed E-state index contributed by atoms with van der Waals surface area (Å²) in [5, 5.41) is 3.08. The van der Waals surface area contributed by atoms with E-state index in [1.54, 1.807) is 0 Å². The van der Waals surface area contributed by atoms with E-state index in [1.807, 2.05) is 0 Å². The summed E-state index contributed by atoms with van der Waals surface area (Å²) in [6.07, 6.45) is 0. The fourth-order valence-electron chi connectivity index (χ4n) is 3.87. The minimum atomic E-state index is -2.48. The molecular formula is C26H14F10N2O5. The molecule has 4 aromatic rings.